The number of imide groups is 1. The Labute approximate surface area is 181 Å². The zero-order valence-electron chi connectivity index (χ0n) is 18.8. The summed E-state index contributed by atoms with van der Waals surface area (Å²) in [6.45, 7) is 11.4. The molecule has 1 fully saturated rings. The number of hydrogen-bond acceptors (Lipinski definition) is 9. The lowest BCUT2D eigenvalue weighted by atomic mass is 10.2. The highest BCUT2D eigenvalue weighted by Gasteiger charge is 2.32. The molecule has 0 unspecified atom stereocenters. The van der Waals surface area contributed by atoms with Crippen molar-refractivity contribution in [2.24, 2.45) is 0 Å². The van der Waals surface area contributed by atoms with E-state index in [-0.39, 0.29) is 13.1 Å². The zero-order chi connectivity index (χ0) is 23.4. The van der Waals surface area contributed by atoms with Gasteiger partial charge in [0.15, 0.2) is 0 Å². The number of carbonyl (C=O) groups excluding carboxylic acids is 2. The summed E-state index contributed by atoms with van der Waals surface area (Å²) in [6, 6.07) is -0.702. The predicted octanol–water partition coefficient (Wildman–Crippen LogP) is 2.01. The third-order valence-electron chi connectivity index (χ3n) is 4.02. The van der Waals surface area contributed by atoms with E-state index in [1.807, 2.05) is 0 Å². The van der Waals surface area contributed by atoms with E-state index < -0.39 is 35.4 Å². The van der Waals surface area contributed by atoms with Crippen molar-refractivity contribution in [3.63, 3.8) is 0 Å². The van der Waals surface area contributed by atoms with Crippen LogP contribution in [0.1, 0.15) is 47.1 Å². The Balaban J connectivity index is 2.15. The number of nitrogens with zero attached hydrogens (tertiary/aromatic N) is 4. The second-order valence-corrected chi connectivity index (χ2v) is 9.23. The van der Waals surface area contributed by atoms with Gasteiger partial charge in [0.1, 0.15) is 17.2 Å². The minimum atomic E-state index is -0.938. The molecule has 0 aliphatic carbocycles. The van der Waals surface area contributed by atoms with E-state index in [0.717, 1.165) is 4.90 Å². The summed E-state index contributed by atoms with van der Waals surface area (Å²) in [5, 5.41) is 12.1. The standard InChI is InChI=1S/C20H31N5O6/c1-19(2,3)30-17(28)25(18(29)31-20(4,5)6)11-13-9-22-16(23-10-13)24-8-7-21-14(12-24)15(26)27/h9-10,14,21H,7-8,11-12H2,1-6H3,(H,26,27)/t14-/m1/s1. The zero-order valence-corrected chi connectivity index (χ0v) is 18.8. The van der Waals surface area contributed by atoms with Gasteiger partial charge in [-0.05, 0) is 41.5 Å². The molecule has 2 rings (SSSR count). The van der Waals surface area contributed by atoms with Gasteiger partial charge >= 0.3 is 18.2 Å². The minimum Gasteiger partial charge on any atom is -0.480 e. The van der Waals surface area contributed by atoms with Crippen LogP contribution in [-0.4, -0.2) is 75.0 Å². The summed E-state index contributed by atoms with van der Waals surface area (Å²) in [5.74, 6) is -0.565. The van der Waals surface area contributed by atoms with Crippen molar-refractivity contribution in [3.8, 4) is 0 Å². The fraction of sp³-hybridized carbons (Fsp3) is 0.650. The van der Waals surface area contributed by atoms with Crippen molar-refractivity contribution in [2.75, 3.05) is 24.5 Å². The van der Waals surface area contributed by atoms with Crippen LogP contribution in [0.25, 0.3) is 0 Å². The molecule has 2 amide bonds. The highest BCUT2D eigenvalue weighted by atomic mass is 16.6. The summed E-state index contributed by atoms with van der Waals surface area (Å²) in [7, 11) is 0. The van der Waals surface area contributed by atoms with Gasteiger partial charge in [-0.15, -0.1) is 0 Å². The molecule has 2 N–H and O–H groups in total. The average Bonchev–Trinajstić information content (AvgIpc) is 2.63. The Bertz CT molecular complexity index is 772. The number of carboxylic acid groups (broad SMARTS) is 1. The molecule has 1 aliphatic rings. The van der Waals surface area contributed by atoms with Crippen molar-refractivity contribution in [1.29, 1.82) is 0 Å². The Morgan fingerprint density at radius 1 is 1.10 bits per heavy atom. The molecule has 0 saturated carbocycles. The van der Waals surface area contributed by atoms with Crippen LogP contribution in [0.3, 0.4) is 0 Å². The van der Waals surface area contributed by atoms with Gasteiger partial charge in [0.05, 0.1) is 6.54 Å². The number of nitrogens with one attached hydrogen (secondary N) is 1. The van der Waals surface area contributed by atoms with Crippen LogP contribution in [0.5, 0.6) is 0 Å². The van der Waals surface area contributed by atoms with Crippen LogP contribution in [0.2, 0.25) is 0 Å². The van der Waals surface area contributed by atoms with Gasteiger partial charge in [-0.3, -0.25) is 4.79 Å². The van der Waals surface area contributed by atoms with Crippen molar-refractivity contribution in [1.82, 2.24) is 20.2 Å². The summed E-state index contributed by atoms with van der Waals surface area (Å²) < 4.78 is 10.7. The molecular formula is C20H31N5O6. The Kier molecular flexibility index (Phi) is 7.42. The fourth-order valence-corrected chi connectivity index (χ4v) is 2.71. The van der Waals surface area contributed by atoms with Crippen molar-refractivity contribution >= 4 is 24.1 Å². The Morgan fingerprint density at radius 2 is 1.61 bits per heavy atom. The minimum absolute atomic E-state index is 0.136. The average molecular weight is 437 g/mol. The van der Waals surface area contributed by atoms with Gasteiger partial charge < -0.3 is 24.8 Å². The first-order valence-corrected chi connectivity index (χ1v) is 10.0. The lowest BCUT2D eigenvalue weighted by Crippen LogP contribution is -2.54. The number of aliphatic carboxylic acids is 1. The monoisotopic (exact) mass is 437 g/mol. The molecule has 11 heteroatoms. The number of ether oxygens (including phenoxy) is 2. The Morgan fingerprint density at radius 3 is 2.06 bits per heavy atom. The quantitative estimate of drug-likeness (QED) is 0.720. The number of piperazine rings is 1. The third-order valence-corrected chi connectivity index (χ3v) is 4.02. The van der Waals surface area contributed by atoms with E-state index in [9.17, 15) is 19.5 Å². The number of rotatable bonds is 4. The molecule has 1 aliphatic heterocycles. The smallest absolute Gasteiger partial charge is 0.420 e. The van der Waals surface area contributed by atoms with Crippen LogP contribution < -0.4 is 10.2 Å². The molecule has 31 heavy (non-hydrogen) atoms. The van der Waals surface area contributed by atoms with Crippen LogP contribution in [0.4, 0.5) is 15.5 Å². The Hall–Kier alpha value is -2.95. The molecule has 0 radical (unpaired) electrons. The number of carbonyl (C=O) groups is 3. The lowest BCUT2D eigenvalue weighted by Gasteiger charge is -2.31. The highest BCUT2D eigenvalue weighted by molar-refractivity contribution is 5.88. The molecular weight excluding hydrogens is 406 g/mol. The molecule has 1 saturated heterocycles. The molecule has 1 atom stereocenters. The number of anilines is 1. The van der Waals surface area contributed by atoms with Gasteiger partial charge in [-0.25, -0.2) is 24.5 Å². The topological polar surface area (TPSA) is 134 Å². The van der Waals surface area contributed by atoms with Gasteiger partial charge in [0.25, 0.3) is 0 Å². The first kappa shape index (κ1) is 24.3. The highest BCUT2D eigenvalue weighted by Crippen LogP contribution is 2.17. The van der Waals surface area contributed by atoms with Crippen molar-refractivity contribution in [2.45, 2.75) is 65.3 Å². The second kappa shape index (κ2) is 9.46. The van der Waals surface area contributed by atoms with Crippen LogP contribution in [0, 0.1) is 0 Å². The number of hydrogen-bond donors (Lipinski definition) is 2. The van der Waals surface area contributed by atoms with E-state index in [2.05, 4.69) is 15.3 Å². The SMILES string of the molecule is CC(C)(C)OC(=O)N(Cc1cnc(N2CCN[C@@H](C(=O)O)C2)nc1)C(=O)OC(C)(C)C. The van der Waals surface area contributed by atoms with Crippen LogP contribution >= 0.6 is 0 Å². The van der Waals surface area contributed by atoms with Crippen molar-refractivity contribution in [3.05, 3.63) is 18.0 Å². The maximum Gasteiger partial charge on any atom is 0.420 e. The third kappa shape index (κ3) is 7.67. The number of aromatic nitrogens is 2. The molecule has 0 spiro atoms. The largest absolute Gasteiger partial charge is 0.480 e. The number of carboxylic acids is 1. The summed E-state index contributed by atoms with van der Waals surface area (Å²) in [6.07, 6.45) is 1.30. The summed E-state index contributed by atoms with van der Waals surface area (Å²) in [4.78, 5) is 47.6. The second-order valence-electron chi connectivity index (χ2n) is 9.23. The number of amides is 2. The fourth-order valence-electron chi connectivity index (χ4n) is 2.71. The van der Waals surface area contributed by atoms with E-state index in [4.69, 9.17) is 9.47 Å². The van der Waals surface area contributed by atoms with Gasteiger partial charge in [0, 0.05) is 37.6 Å². The molecule has 1 aromatic rings. The lowest BCUT2D eigenvalue weighted by molar-refractivity contribution is -0.139. The molecule has 2 heterocycles. The van der Waals surface area contributed by atoms with E-state index >= 15 is 0 Å². The predicted molar refractivity (Wildman–Crippen MR) is 112 cm³/mol. The molecule has 11 nitrogen and oxygen atoms in total. The molecule has 0 bridgehead atoms. The first-order chi connectivity index (χ1) is 14.2. The molecule has 172 valence electrons. The summed E-state index contributed by atoms with van der Waals surface area (Å²) in [5.41, 5.74) is -1.09. The van der Waals surface area contributed by atoms with Crippen molar-refractivity contribution < 1.29 is 29.0 Å². The van der Waals surface area contributed by atoms with E-state index in [1.54, 1.807) is 46.4 Å². The summed E-state index contributed by atoms with van der Waals surface area (Å²) >= 11 is 0. The van der Waals surface area contributed by atoms with Gasteiger partial charge in [-0.1, -0.05) is 0 Å². The van der Waals surface area contributed by atoms with Gasteiger partial charge in [0.2, 0.25) is 5.95 Å². The molecule has 1 aromatic heterocycles. The maximum absolute atomic E-state index is 12.6. The molecule has 0 aromatic carbocycles. The van der Waals surface area contributed by atoms with Gasteiger partial charge in [-0.2, -0.15) is 0 Å². The van der Waals surface area contributed by atoms with E-state index in [1.165, 1.54) is 12.4 Å². The first-order valence-electron chi connectivity index (χ1n) is 10.0. The van der Waals surface area contributed by atoms with Crippen LogP contribution in [-0.2, 0) is 20.8 Å². The van der Waals surface area contributed by atoms with E-state index in [0.29, 0.717) is 24.6 Å². The normalized spacial score (nSPS) is 17.1. The van der Waals surface area contributed by atoms with Crippen LogP contribution in [0.15, 0.2) is 12.4 Å². The maximum atomic E-state index is 12.6.